The van der Waals surface area contributed by atoms with Crippen molar-refractivity contribution >= 4 is 27.3 Å². The van der Waals surface area contributed by atoms with E-state index in [1.165, 1.54) is 33.9 Å². The molecule has 0 aromatic heterocycles. The fraction of sp³-hybridized carbons (Fsp3) is 0.429. The molecule has 1 amide bonds. The Morgan fingerprint density at radius 2 is 1.92 bits per heavy atom. The van der Waals surface area contributed by atoms with Gasteiger partial charge >= 0.3 is 15.5 Å². The summed E-state index contributed by atoms with van der Waals surface area (Å²) in [7, 11) is -5.58. The minimum absolute atomic E-state index is 0.0687. The molecule has 0 saturated carbocycles. The summed E-state index contributed by atoms with van der Waals surface area (Å²) in [5.74, 6) is -0.569. The SMILES string of the molecule is CC1(C)CN(Cc2ccccc2NS(=O)(=O)C(F)(F)F)C(=O)/C1=N/O. The lowest BCUT2D eigenvalue weighted by Crippen LogP contribution is -2.31. The van der Waals surface area contributed by atoms with E-state index in [2.05, 4.69) is 5.16 Å². The van der Waals surface area contributed by atoms with Gasteiger partial charge in [-0.15, -0.1) is 0 Å². The zero-order valence-corrected chi connectivity index (χ0v) is 14.1. The molecule has 11 heteroatoms. The van der Waals surface area contributed by atoms with Gasteiger partial charge in [0.15, 0.2) is 5.71 Å². The molecule has 25 heavy (non-hydrogen) atoms. The number of hydrogen-bond donors (Lipinski definition) is 2. The lowest BCUT2D eigenvalue weighted by molar-refractivity contribution is -0.123. The zero-order valence-electron chi connectivity index (χ0n) is 13.3. The van der Waals surface area contributed by atoms with Gasteiger partial charge in [-0.3, -0.25) is 9.52 Å². The van der Waals surface area contributed by atoms with Crippen LogP contribution in [0.25, 0.3) is 0 Å². The predicted octanol–water partition coefficient (Wildman–Crippen LogP) is 2.15. The van der Waals surface area contributed by atoms with Gasteiger partial charge in [-0.25, -0.2) is 0 Å². The Morgan fingerprint density at radius 1 is 1.32 bits per heavy atom. The van der Waals surface area contributed by atoms with Crippen LogP contribution in [0.15, 0.2) is 29.4 Å². The van der Waals surface area contributed by atoms with Gasteiger partial charge in [-0.1, -0.05) is 37.2 Å². The van der Waals surface area contributed by atoms with Crippen molar-refractivity contribution in [1.29, 1.82) is 0 Å². The molecule has 0 unspecified atom stereocenters. The first-order valence-corrected chi connectivity index (χ1v) is 8.56. The lowest BCUT2D eigenvalue weighted by atomic mass is 9.91. The molecule has 1 heterocycles. The number of likely N-dealkylation sites (tertiary alicyclic amines) is 1. The van der Waals surface area contributed by atoms with E-state index in [0.29, 0.717) is 0 Å². The topological polar surface area (TPSA) is 99.1 Å². The van der Waals surface area contributed by atoms with Crippen LogP contribution in [0.5, 0.6) is 0 Å². The van der Waals surface area contributed by atoms with E-state index in [9.17, 15) is 26.4 Å². The first kappa shape index (κ1) is 19.0. The number of oxime groups is 1. The van der Waals surface area contributed by atoms with Gasteiger partial charge in [0.2, 0.25) is 0 Å². The van der Waals surface area contributed by atoms with Crippen molar-refractivity contribution in [3.8, 4) is 0 Å². The molecule has 1 aliphatic heterocycles. The maximum atomic E-state index is 12.6. The van der Waals surface area contributed by atoms with Crippen LogP contribution in [0, 0.1) is 5.41 Å². The number of nitrogens with zero attached hydrogens (tertiary/aromatic N) is 2. The molecular formula is C14H16F3N3O4S. The van der Waals surface area contributed by atoms with Crippen LogP contribution in [0.1, 0.15) is 19.4 Å². The van der Waals surface area contributed by atoms with Crippen molar-refractivity contribution in [2.24, 2.45) is 10.6 Å². The first-order valence-electron chi connectivity index (χ1n) is 7.08. The van der Waals surface area contributed by atoms with Gasteiger partial charge < -0.3 is 10.1 Å². The number of carbonyl (C=O) groups is 1. The third-order valence-electron chi connectivity index (χ3n) is 3.74. The third kappa shape index (κ3) is 3.70. The van der Waals surface area contributed by atoms with Crippen molar-refractivity contribution in [3.63, 3.8) is 0 Å². The second-order valence-corrected chi connectivity index (χ2v) is 7.88. The summed E-state index contributed by atoms with van der Waals surface area (Å²) < 4.78 is 61.8. The molecule has 1 aliphatic rings. The van der Waals surface area contributed by atoms with Crippen molar-refractivity contribution in [1.82, 2.24) is 4.90 Å². The molecule has 2 N–H and O–H groups in total. The van der Waals surface area contributed by atoms with Crippen LogP contribution in [0.4, 0.5) is 18.9 Å². The highest BCUT2D eigenvalue weighted by atomic mass is 32.2. The predicted molar refractivity (Wildman–Crippen MR) is 83.5 cm³/mol. The number of anilines is 1. The highest BCUT2D eigenvalue weighted by Crippen LogP contribution is 2.31. The molecule has 7 nitrogen and oxygen atoms in total. The van der Waals surface area contributed by atoms with Crippen LogP contribution < -0.4 is 4.72 Å². The summed E-state index contributed by atoms with van der Waals surface area (Å²) in [5.41, 5.74) is -6.37. The van der Waals surface area contributed by atoms with Gasteiger partial charge in [0.25, 0.3) is 5.91 Å². The number of halogens is 3. The van der Waals surface area contributed by atoms with E-state index >= 15 is 0 Å². The van der Waals surface area contributed by atoms with Gasteiger partial charge in [-0.2, -0.15) is 21.6 Å². The van der Waals surface area contributed by atoms with Crippen LogP contribution in [-0.2, 0) is 21.4 Å². The molecule has 1 aromatic rings. The number of hydrogen-bond acceptors (Lipinski definition) is 5. The van der Waals surface area contributed by atoms with Gasteiger partial charge in [0.1, 0.15) is 0 Å². The van der Waals surface area contributed by atoms with E-state index in [-0.39, 0.29) is 30.1 Å². The second-order valence-electron chi connectivity index (χ2n) is 6.20. The number of alkyl halides is 3. The molecule has 0 bridgehead atoms. The fourth-order valence-electron chi connectivity index (χ4n) is 2.53. The maximum absolute atomic E-state index is 12.6. The second kappa shape index (κ2) is 6.21. The van der Waals surface area contributed by atoms with E-state index in [4.69, 9.17) is 5.21 Å². The summed E-state index contributed by atoms with van der Waals surface area (Å²) in [6.45, 7) is 3.39. The Hall–Kier alpha value is -2.30. The number of amides is 1. The minimum atomic E-state index is -5.58. The molecular weight excluding hydrogens is 363 g/mol. The molecule has 1 saturated heterocycles. The smallest absolute Gasteiger partial charge is 0.410 e. The number of carbonyl (C=O) groups excluding carboxylic acids is 1. The van der Waals surface area contributed by atoms with Gasteiger partial charge in [0.05, 0.1) is 5.69 Å². The van der Waals surface area contributed by atoms with Crippen molar-refractivity contribution in [2.45, 2.75) is 25.9 Å². The summed E-state index contributed by atoms with van der Waals surface area (Å²) in [4.78, 5) is 13.5. The molecule has 0 atom stereocenters. The van der Waals surface area contributed by atoms with Crippen LogP contribution in [0.3, 0.4) is 0 Å². The molecule has 0 aliphatic carbocycles. The van der Waals surface area contributed by atoms with E-state index < -0.39 is 26.9 Å². The number of nitrogens with one attached hydrogen (secondary N) is 1. The maximum Gasteiger partial charge on any atom is 0.516 e. The van der Waals surface area contributed by atoms with Crippen LogP contribution >= 0.6 is 0 Å². The Kier molecular flexibility index (Phi) is 4.73. The highest BCUT2D eigenvalue weighted by molar-refractivity contribution is 7.93. The summed E-state index contributed by atoms with van der Waals surface area (Å²) in [5, 5.41) is 12.0. The summed E-state index contributed by atoms with van der Waals surface area (Å²) >= 11 is 0. The van der Waals surface area contributed by atoms with Gasteiger partial charge in [0, 0.05) is 18.5 Å². The molecule has 0 spiro atoms. The Labute approximate surface area is 142 Å². The van der Waals surface area contributed by atoms with E-state index in [1.807, 2.05) is 0 Å². The quantitative estimate of drug-likeness (QED) is 0.618. The standard InChI is InChI=1S/C14H16F3N3O4S/c1-13(2)8-20(12(21)11(13)18-22)7-9-5-3-4-6-10(9)19-25(23,24)14(15,16)17/h3-6,19,22H,7-8H2,1-2H3/b18-11-. The first-order chi connectivity index (χ1) is 11.4. The lowest BCUT2D eigenvalue weighted by Gasteiger charge is -2.21. The number of benzene rings is 1. The Balaban J connectivity index is 2.30. The monoisotopic (exact) mass is 379 g/mol. The fourth-order valence-corrected chi connectivity index (χ4v) is 3.14. The molecule has 1 aromatic carbocycles. The summed E-state index contributed by atoms with van der Waals surface area (Å²) in [6, 6.07) is 5.45. The third-order valence-corrected chi connectivity index (χ3v) is 4.84. The number of sulfonamides is 1. The van der Waals surface area contributed by atoms with Gasteiger partial charge in [-0.05, 0) is 11.6 Å². The zero-order chi connectivity index (χ0) is 19.0. The molecule has 2 rings (SSSR count). The van der Waals surface area contributed by atoms with E-state index in [1.54, 1.807) is 13.8 Å². The van der Waals surface area contributed by atoms with Crippen molar-refractivity contribution in [2.75, 3.05) is 11.3 Å². The van der Waals surface area contributed by atoms with E-state index in [0.717, 1.165) is 0 Å². The van der Waals surface area contributed by atoms with Crippen molar-refractivity contribution < 1.29 is 31.6 Å². The normalized spacial score (nSPS) is 19.5. The number of rotatable bonds is 4. The minimum Gasteiger partial charge on any atom is -0.410 e. The number of para-hydroxylation sites is 1. The van der Waals surface area contributed by atoms with Crippen molar-refractivity contribution in [3.05, 3.63) is 29.8 Å². The van der Waals surface area contributed by atoms with Crippen LogP contribution in [-0.4, -0.2) is 42.2 Å². The summed E-state index contributed by atoms with van der Waals surface area (Å²) in [6.07, 6.45) is 0. The Morgan fingerprint density at radius 3 is 2.44 bits per heavy atom. The highest BCUT2D eigenvalue weighted by Gasteiger charge is 2.47. The molecule has 1 fully saturated rings. The average molecular weight is 379 g/mol. The molecule has 0 radical (unpaired) electrons. The largest absolute Gasteiger partial charge is 0.516 e. The Bertz CT molecular complexity index is 819. The average Bonchev–Trinajstić information content (AvgIpc) is 2.68. The molecule has 138 valence electrons. The van der Waals surface area contributed by atoms with Crippen LogP contribution in [0.2, 0.25) is 0 Å².